The normalized spacial score (nSPS) is 19.8. The molecule has 4 N–H and O–H groups in total. The van der Waals surface area contributed by atoms with E-state index in [1.165, 1.54) is 21.9 Å². The summed E-state index contributed by atoms with van der Waals surface area (Å²) in [7, 11) is 0. The first-order valence-corrected chi connectivity index (χ1v) is 18.8. The van der Waals surface area contributed by atoms with Crippen LogP contribution in [0.15, 0.2) is 61.0 Å². The number of ether oxygens (including phenoxy) is 2. The van der Waals surface area contributed by atoms with Gasteiger partial charge in [0.2, 0.25) is 0 Å². The molecule has 4 aliphatic rings. The van der Waals surface area contributed by atoms with E-state index in [1.807, 2.05) is 9.80 Å². The van der Waals surface area contributed by atoms with Crippen molar-refractivity contribution in [2.45, 2.75) is 39.1 Å². The van der Waals surface area contributed by atoms with E-state index in [0.717, 1.165) is 0 Å². The van der Waals surface area contributed by atoms with Crippen molar-refractivity contribution in [3.05, 3.63) is 72.6 Å². The maximum atomic E-state index is 15.2. The highest BCUT2D eigenvalue weighted by Crippen LogP contribution is 2.30. The van der Waals surface area contributed by atoms with Crippen LogP contribution in [0.25, 0.3) is 0 Å². The van der Waals surface area contributed by atoms with Crippen LogP contribution in [0.5, 0.6) is 0 Å². The predicted molar refractivity (Wildman–Crippen MR) is 208 cm³/mol. The van der Waals surface area contributed by atoms with Crippen LogP contribution in [-0.2, 0) is 9.47 Å². The summed E-state index contributed by atoms with van der Waals surface area (Å²) >= 11 is 0. The molecule has 2 unspecified atom stereocenters. The number of urea groups is 2. The molecule has 4 heterocycles. The van der Waals surface area contributed by atoms with Crippen molar-refractivity contribution in [3.63, 3.8) is 0 Å². The van der Waals surface area contributed by atoms with Crippen LogP contribution < -0.4 is 40.9 Å². The van der Waals surface area contributed by atoms with Crippen molar-refractivity contribution in [2.75, 3.05) is 98.1 Å². The van der Waals surface area contributed by atoms with Crippen LogP contribution >= 0.6 is 0 Å². The van der Waals surface area contributed by atoms with Gasteiger partial charge >= 0.3 is 24.2 Å². The number of carbonyl (C=O) groups excluding carboxylic acids is 4. The molecule has 18 heteroatoms. The zero-order valence-corrected chi connectivity index (χ0v) is 31.8. The Morgan fingerprint density at radius 3 is 1.38 bits per heavy atom. The maximum absolute atomic E-state index is 15.2. The Morgan fingerprint density at radius 1 is 0.661 bits per heavy atom. The summed E-state index contributed by atoms with van der Waals surface area (Å²) in [6.45, 7) is 15.9. The van der Waals surface area contributed by atoms with Crippen LogP contribution in [-0.4, -0.2) is 125 Å². The van der Waals surface area contributed by atoms with Crippen LogP contribution in [0.1, 0.15) is 26.7 Å². The van der Waals surface area contributed by atoms with Gasteiger partial charge in [-0.3, -0.25) is 9.80 Å². The Morgan fingerprint density at radius 2 is 1.04 bits per heavy atom. The van der Waals surface area contributed by atoms with Gasteiger partial charge in [-0.25, -0.2) is 28.0 Å². The molecule has 2 atom stereocenters. The zero-order valence-electron chi connectivity index (χ0n) is 31.8. The number of piperazine rings is 2. The SMILES string of the molecule is C=C(C)NC1CN(c2ccc(N3CCN(C(=O)NCCCCNC(=O)N4CCN(c5ccc(N6CC(NC(=C)C)OC6=O)cc5F)CC4)CC3)c(F)c2)C(=O)O1. The van der Waals surface area contributed by atoms with E-state index in [4.69, 9.17) is 9.47 Å². The number of halogens is 2. The van der Waals surface area contributed by atoms with Gasteiger partial charge < -0.3 is 50.3 Å². The lowest BCUT2D eigenvalue weighted by Gasteiger charge is -2.36. The van der Waals surface area contributed by atoms with Gasteiger partial charge in [0, 0.05) is 76.8 Å². The number of rotatable bonds is 13. The number of unbranched alkanes of at least 4 members (excludes halogenated alkanes) is 1. The molecule has 302 valence electrons. The summed E-state index contributed by atoms with van der Waals surface area (Å²) < 4.78 is 40.9. The molecular formula is C38H50F2N10O6. The monoisotopic (exact) mass is 780 g/mol. The number of benzene rings is 2. The minimum atomic E-state index is -0.563. The van der Waals surface area contributed by atoms with Crippen LogP contribution in [0.2, 0.25) is 0 Å². The van der Waals surface area contributed by atoms with Gasteiger partial charge in [-0.05, 0) is 63.1 Å². The predicted octanol–water partition coefficient (Wildman–Crippen LogP) is 3.92. The maximum Gasteiger partial charge on any atom is 0.416 e. The second-order valence-corrected chi connectivity index (χ2v) is 14.2. The molecule has 0 aliphatic carbocycles. The molecule has 4 aliphatic heterocycles. The van der Waals surface area contributed by atoms with Crippen molar-refractivity contribution < 1.29 is 37.4 Å². The van der Waals surface area contributed by atoms with E-state index in [2.05, 4.69) is 34.4 Å². The quantitative estimate of drug-likeness (QED) is 0.220. The number of hydrogen-bond acceptors (Lipinski definition) is 10. The molecule has 2 aromatic carbocycles. The summed E-state index contributed by atoms with van der Waals surface area (Å²) in [5.41, 5.74) is 2.92. The van der Waals surface area contributed by atoms with Crippen molar-refractivity contribution >= 4 is 47.0 Å². The molecule has 16 nitrogen and oxygen atoms in total. The highest BCUT2D eigenvalue weighted by Gasteiger charge is 2.34. The molecule has 0 bridgehead atoms. The molecule has 0 radical (unpaired) electrons. The van der Waals surface area contributed by atoms with Crippen molar-refractivity contribution in [1.82, 2.24) is 31.1 Å². The zero-order chi connectivity index (χ0) is 39.9. The lowest BCUT2D eigenvalue weighted by atomic mass is 10.2. The van der Waals surface area contributed by atoms with E-state index in [1.54, 1.807) is 47.9 Å². The van der Waals surface area contributed by atoms with E-state index in [0.29, 0.717) is 112 Å². The van der Waals surface area contributed by atoms with Gasteiger partial charge in [0.1, 0.15) is 11.6 Å². The highest BCUT2D eigenvalue weighted by atomic mass is 19.1. The van der Waals surface area contributed by atoms with E-state index >= 15 is 8.78 Å². The number of nitrogens with zero attached hydrogens (tertiary/aromatic N) is 6. The number of allylic oxidation sites excluding steroid dienone is 2. The fourth-order valence-corrected chi connectivity index (χ4v) is 7.05. The topological polar surface area (TPSA) is 154 Å². The molecule has 6 rings (SSSR count). The van der Waals surface area contributed by atoms with Crippen LogP contribution in [0, 0.1) is 11.6 Å². The molecule has 56 heavy (non-hydrogen) atoms. The van der Waals surface area contributed by atoms with E-state index in [9.17, 15) is 19.2 Å². The fourth-order valence-electron chi connectivity index (χ4n) is 7.05. The van der Waals surface area contributed by atoms with E-state index < -0.39 is 36.3 Å². The number of carbonyl (C=O) groups is 4. The highest BCUT2D eigenvalue weighted by molar-refractivity contribution is 5.90. The second kappa shape index (κ2) is 17.7. The molecule has 4 fully saturated rings. The first-order chi connectivity index (χ1) is 26.9. The summed E-state index contributed by atoms with van der Waals surface area (Å²) in [5, 5.41) is 11.8. The third kappa shape index (κ3) is 9.64. The second-order valence-electron chi connectivity index (χ2n) is 14.2. The molecule has 6 amide bonds. The average molecular weight is 781 g/mol. The van der Waals surface area contributed by atoms with Crippen molar-refractivity contribution in [1.29, 1.82) is 0 Å². The summed E-state index contributed by atoms with van der Waals surface area (Å²) in [6, 6.07) is 8.91. The smallest absolute Gasteiger partial charge is 0.416 e. The third-order valence-corrected chi connectivity index (χ3v) is 9.90. The first-order valence-electron chi connectivity index (χ1n) is 18.8. The Balaban J connectivity index is 0.843. The fraction of sp³-hybridized carbons (Fsp3) is 0.474. The average Bonchev–Trinajstić information content (AvgIpc) is 3.72. The summed E-state index contributed by atoms with van der Waals surface area (Å²) in [4.78, 5) is 60.1. The Bertz CT molecular complexity index is 1690. The van der Waals surface area contributed by atoms with Gasteiger partial charge in [-0.15, -0.1) is 0 Å². The van der Waals surface area contributed by atoms with Crippen molar-refractivity contribution in [3.8, 4) is 0 Å². The van der Waals surface area contributed by atoms with E-state index in [-0.39, 0.29) is 25.2 Å². The molecular weight excluding hydrogens is 730 g/mol. The number of cyclic esters (lactones) is 2. The summed E-state index contributed by atoms with van der Waals surface area (Å²) in [5.74, 6) is -0.923. The minimum Gasteiger partial charge on any atom is -0.423 e. The molecule has 0 saturated carbocycles. The van der Waals surface area contributed by atoms with Gasteiger partial charge in [0.25, 0.3) is 0 Å². The minimum absolute atomic E-state index is 0.193. The first kappa shape index (κ1) is 39.7. The van der Waals surface area contributed by atoms with Crippen LogP contribution in [0.3, 0.4) is 0 Å². The summed E-state index contributed by atoms with van der Waals surface area (Å²) in [6.07, 6.45) is -0.900. The standard InChI is InChI=1S/C38H50F2N10O6/c1-25(2)43-33-23-49(37(53)55-33)27-7-9-31(29(39)21-27)45-13-17-47(18-14-45)35(51)41-11-5-6-12-42-36(52)48-19-15-46(16-20-48)32-10-8-28(22-30(32)40)50-24-34(44-26(3)4)56-38(50)54/h7-10,21-22,33-34,43-44H,1,3,5-6,11-20,23-24H2,2,4H3,(H,41,51)(H,42,52). The Labute approximate surface area is 325 Å². The molecule has 0 spiro atoms. The molecule has 2 aromatic rings. The van der Waals surface area contributed by atoms with Crippen molar-refractivity contribution in [2.24, 2.45) is 0 Å². The molecule has 4 saturated heterocycles. The van der Waals surface area contributed by atoms with Gasteiger partial charge in [0.05, 0.1) is 35.8 Å². The molecule has 0 aromatic heterocycles. The number of anilines is 4. The Kier molecular flexibility index (Phi) is 12.5. The van der Waals surface area contributed by atoms with Gasteiger partial charge in [-0.2, -0.15) is 0 Å². The number of nitrogens with one attached hydrogen (secondary N) is 4. The number of amides is 6. The lowest BCUT2D eigenvalue weighted by molar-refractivity contribution is 0.128. The lowest BCUT2D eigenvalue weighted by Crippen LogP contribution is -2.52. The van der Waals surface area contributed by atoms with Gasteiger partial charge in [-0.1, -0.05) is 13.2 Å². The Hall–Kier alpha value is -5.94. The number of hydrogen-bond donors (Lipinski definition) is 4. The van der Waals surface area contributed by atoms with Crippen LogP contribution in [0.4, 0.5) is 50.7 Å². The third-order valence-electron chi connectivity index (χ3n) is 9.90. The van der Waals surface area contributed by atoms with Gasteiger partial charge in [0.15, 0.2) is 12.5 Å². The largest absolute Gasteiger partial charge is 0.423 e.